The Bertz CT molecular complexity index is 1180. The number of alkyl carbamates (subject to hydrolysis) is 1. The smallest absolute Gasteiger partial charge is 0.407 e. The van der Waals surface area contributed by atoms with Gasteiger partial charge in [-0.15, -0.1) is 0 Å². The zero-order valence-corrected chi connectivity index (χ0v) is 20.3. The first-order chi connectivity index (χ1) is 16.4. The molecule has 3 aromatic carbocycles. The molecule has 0 saturated carbocycles. The van der Waals surface area contributed by atoms with Gasteiger partial charge in [0.1, 0.15) is 12.6 Å². The molecule has 0 bridgehead atoms. The van der Waals surface area contributed by atoms with E-state index in [4.69, 9.17) is 14.2 Å². The van der Waals surface area contributed by atoms with Crippen molar-refractivity contribution in [2.45, 2.75) is 18.4 Å². The Morgan fingerprint density at radius 2 is 1.53 bits per heavy atom. The number of nitrogens with one attached hydrogen (secondary N) is 1. The van der Waals surface area contributed by atoms with Crippen molar-refractivity contribution in [3.05, 3.63) is 81.8 Å². The van der Waals surface area contributed by atoms with E-state index in [1.807, 2.05) is 36.4 Å². The third-order valence-electron chi connectivity index (χ3n) is 5.91. The lowest BCUT2D eigenvalue weighted by Gasteiger charge is -2.19. The summed E-state index contributed by atoms with van der Waals surface area (Å²) in [7, 11) is 3.02. The van der Waals surface area contributed by atoms with Crippen LogP contribution in [0.3, 0.4) is 0 Å². The van der Waals surface area contributed by atoms with E-state index < -0.39 is 18.1 Å². The van der Waals surface area contributed by atoms with Gasteiger partial charge in [0.2, 0.25) is 0 Å². The van der Waals surface area contributed by atoms with Crippen LogP contribution in [-0.2, 0) is 16.0 Å². The molecule has 3 aromatic rings. The average molecular weight is 526 g/mol. The Morgan fingerprint density at radius 3 is 2.09 bits per heavy atom. The van der Waals surface area contributed by atoms with Crippen LogP contribution >= 0.6 is 15.9 Å². The van der Waals surface area contributed by atoms with Crippen LogP contribution < -0.4 is 14.8 Å². The molecule has 4 rings (SSSR count). The average Bonchev–Trinajstić information content (AvgIpc) is 3.16. The molecule has 2 N–H and O–H groups in total. The lowest BCUT2D eigenvalue weighted by molar-refractivity contribution is -0.139. The Hall–Kier alpha value is -3.52. The highest BCUT2D eigenvalue weighted by Crippen LogP contribution is 2.44. The molecule has 0 aromatic heterocycles. The quantitative estimate of drug-likeness (QED) is 0.429. The summed E-state index contributed by atoms with van der Waals surface area (Å²) in [6.07, 6.45) is -0.758. The van der Waals surface area contributed by atoms with E-state index >= 15 is 0 Å². The second-order valence-electron chi connectivity index (χ2n) is 7.86. The van der Waals surface area contributed by atoms with Gasteiger partial charge in [-0.05, 0) is 39.9 Å². The number of fused-ring (bicyclic) bond motifs is 3. The molecule has 0 radical (unpaired) electrons. The molecule has 34 heavy (non-hydrogen) atoms. The molecule has 176 valence electrons. The number of aliphatic carboxylic acids is 1. The SMILES string of the molecule is COc1cc(Br)c(CC(NC(=O)OCC2c3ccccc3-c3ccccc32)C(=O)O)cc1OC. The maximum Gasteiger partial charge on any atom is 0.407 e. The molecule has 0 fully saturated rings. The second kappa shape index (κ2) is 10.2. The molecule has 0 spiro atoms. The summed E-state index contributed by atoms with van der Waals surface area (Å²) in [6.45, 7) is 0.103. The minimum Gasteiger partial charge on any atom is -0.493 e. The molecule has 1 atom stereocenters. The van der Waals surface area contributed by atoms with Crippen molar-refractivity contribution in [2.24, 2.45) is 0 Å². The van der Waals surface area contributed by atoms with E-state index in [0.29, 0.717) is 21.5 Å². The summed E-state index contributed by atoms with van der Waals surface area (Å²) in [6, 6.07) is 18.2. The first-order valence-electron chi connectivity index (χ1n) is 10.7. The van der Waals surface area contributed by atoms with Gasteiger partial charge in [-0.1, -0.05) is 64.5 Å². The Morgan fingerprint density at radius 1 is 0.971 bits per heavy atom. The van der Waals surface area contributed by atoms with E-state index in [-0.39, 0.29) is 18.9 Å². The summed E-state index contributed by atoms with van der Waals surface area (Å²) in [5.74, 6) is -0.308. The number of carboxylic acid groups (broad SMARTS) is 1. The number of carbonyl (C=O) groups is 2. The van der Waals surface area contributed by atoms with E-state index in [1.54, 1.807) is 12.1 Å². The van der Waals surface area contributed by atoms with Crippen molar-refractivity contribution in [2.75, 3.05) is 20.8 Å². The van der Waals surface area contributed by atoms with Crippen molar-refractivity contribution in [1.82, 2.24) is 5.32 Å². The third-order valence-corrected chi connectivity index (χ3v) is 6.65. The minimum absolute atomic E-state index is 0.0282. The van der Waals surface area contributed by atoms with Crippen molar-refractivity contribution < 1.29 is 28.9 Å². The molecule has 0 aliphatic heterocycles. The molecule has 1 unspecified atom stereocenters. The van der Waals surface area contributed by atoms with Gasteiger partial charge in [0, 0.05) is 16.8 Å². The predicted molar refractivity (Wildman–Crippen MR) is 131 cm³/mol. The Kier molecular flexibility index (Phi) is 7.07. The summed E-state index contributed by atoms with van der Waals surface area (Å²) >= 11 is 3.43. The molecule has 0 saturated heterocycles. The summed E-state index contributed by atoms with van der Waals surface area (Å²) in [4.78, 5) is 24.5. The largest absolute Gasteiger partial charge is 0.493 e. The maximum atomic E-state index is 12.6. The lowest BCUT2D eigenvalue weighted by Crippen LogP contribution is -2.43. The topological polar surface area (TPSA) is 94.1 Å². The number of benzene rings is 3. The number of carbonyl (C=O) groups excluding carboxylic acids is 1. The van der Waals surface area contributed by atoms with Crippen LogP contribution in [0.2, 0.25) is 0 Å². The van der Waals surface area contributed by atoms with Gasteiger partial charge in [0.05, 0.1) is 14.2 Å². The number of amides is 1. The minimum atomic E-state index is -1.19. The van der Waals surface area contributed by atoms with Crippen LogP contribution in [0.25, 0.3) is 11.1 Å². The summed E-state index contributed by atoms with van der Waals surface area (Å²) in [5.41, 5.74) is 5.05. The number of halogens is 1. The van der Waals surface area contributed by atoms with Crippen molar-refractivity contribution in [1.29, 1.82) is 0 Å². The van der Waals surface area contributed by atoms with Crippen LogP contribution in [0.15, 0.2) is 65.1 Å². The summed E-state index contributed by atoms with van der Waals surface area (Å²) < 4.78 is 16.7. The van der Waals surface area contributed by atoms with Gasteiger partial charge in [-0.3, -0.25) is 0 Å². The van der Waals surface area contributed by atoms with E-state index in [2.05, 4.69) is 33.4 Å². The van der Waals surface area contributed by atoms with Crippen LogP contribution in [0.1, 0.15) is 22.6 Å². The van der Waals surface area contributed by atoms with Gasteiger partial charge in [-0.25, -0.2) is 9.59 Å². The molecule has 8 heteroatoms. The van der Waals surface area contributed by atoms with Gasteiger partial charge < -0.3 is 24.6 Å². The van der Waals surface area contributed by atoms with Gasteiger partial charge >= 0.3 is 12.1 Å². The molecule has 1 aliphatic rings. The number of hydrogen-bond acceptors (Lipinski definition) is 5. The predicted octanol–water partition coefficient (Wildman–Crippen LogP) is 5.00. The first-order valence-corrected chi connectivity index (χ1v) is 11.5. The number of methoxy groups -OCH3 is 2. The fourth-order valence-electron chi connectivity index (χ4n) is 4.26. The number of ether oxygens (including phenoxy) is 3. The second-order valence-corrected chi connectivity index (χ2v) is 8.72. The number of carboxylic acids is 1. The standard InChI is InChI=1S/C26H24BrNO6/c1-32-23-12-15(21(27)13-24(23)33-2)11-22(25(29)30)28-26(31)34-14-20-18-9-5-3-7-16(18)17-8-4-6-10-19(17)20/h3-10,12-13,20,22H,11,14H2,1-2H3,(H,28,31)(H,29,30). The first kappa shape index (κ1) is 23.6. The number of rotatable bonds is 8. The van der Waals surface area contributed by atoms with Gasteiger partial charge in [0.15, 0.2) is 11.5 Å². The van der Waals surface area contributed by atoms with E-state index in [9.17, 15) is 14.7 Å². The highest BCUT2D eigenvalue weighted by molar-refractivity contribution is 9.10. The molecular formula is C26H24BrNO6. The summed E-state index contributed by atoms with van der Waals surface area (Å²) in [5, 5.41) is 12.2. The molecule has 7 nitrogen and oxygen atoms in total. The van der Waals surface area contributed by atoms with E-state index in [0.717, 1.165) is 22.3 Å². The normalized spacial score (nSPS) is 12.9. The van der Waals surface area contributed by atoms with Crippen molar-refractivity contribution in [3.63, 3.8) is 0 Å². The third kappa shape index (κ3) is 4.72. The lowest BCUT2D eigenvalue weighted by atomic mass is 9.98. The highest BCUT2D eigenvalue weighted by atomic mass is 79.9. The van der Waals surface area contributed by atoms with Crippen LogP contribution in [0.4, 0.5) is 4.79 Å². The molecule has 0 heterocycles. The van der Waals surface area contributed by atoms with Gasteiger partial charge in [-0.2, -0.15) is 0 Å². The maximum absolute atomic E-state index is 12.6. The van der Waals surface area contributed by atoms with Crippen molar-refractivity contribution >= 4 is 28.0 Å². The Labute approximate surface area is 205 Å². The fourth-order valence-corrected chi connectivity index (χ4v) is 4.74. The zero-order chi connectivity index (χ0) is 24.2. The number of hydrogen-bond donors (Lipinski definition) is 2. The molecule has 1 aliphatic carbocycles. The zero-order valence-electron chi connectivity index (χ0n) is 18.7. The molecular weight excluding hydrogens is 502 g/mol. The fraction of sp³-hybridized carbons (Fsp3) is 0.231. The van der Waals surface area contributed by atoms with Crippen LogP contribution in [0, 0.1) is 0 Å². The van der Waals surface area contributed by atoms with E-state index in [1.165, 1.54) is 14.2 Å². The Balaban J connectivity index is 1.45. The van der Waals surface area contributed by atoms with Gasteiger partial charge in [0.25, 0.3) is 0 Å². The molecule has 1 amide bonds. The van der Waals surface area contributed by atoms with Crippen LogP contribution in [-0.4, -0.2) is 44.0 Å². The highest BCUT2D eigenvalue weighted by Gasteiger charge is 2.30. The monoisotopic (exact) mass is 525 g/mol. The van der Waals surface area contributed by atoms with Crippen molar-refractivity contribution in [3.8, 4) is 22.6 Å². The van der Waals surface area contributed by atoms with Crippen LogP contribution in [0.5, 0.6) is 11.5 Å².